The normalized spacial score (nSPS) is 18.0. The van der Waals surface area contributed by atoms with Gasteiger partial charge in [0.15, 0.2) is 0 Å². The van der Waals surface area contributed by atoms with E-state index in [4.69, 9.17) is 0 Å². The number of fused-ring (bicyclic) bond motifs is 1. The maximum Gasteiger partial charge on any atom is 0.261 e. The van der Waals surface area contributed by atoms with Crippen LogP contribution in [0.1, 0.15) is 65.3 Å². The summed E-state index contributed by atoms with van der Waals surface area (Å²) >= 11 is 0. The van der Waals surface area contributed by atoms with Gasteiger partial charge in [0.05, 0.1) is 11.1 Å². The third-order valence-corrected chi connectivity index (χ3v) is 7.58. The van der Waals surface area contributed by atoms with Crippen molar-refractivity contribution in [2.75, 3.05) is 6.54 Å². The average molecular weight is 481 g/mol. The van der Waals surface area contributed by atoms with E-state index in [0.717, 1.165) is 42.5 Å². The summed E-state index contributed by atoms with van der Waals surface area (Å²) in [5, 5.41) is 0. The first kappa shape index (κ1) is 24.0. The topological polar surface area (TPSA) is 57.7 Å². The van der Waals surface area contributed by atoms with Crippen molar-refractivity contribution in [3.8, 4) is 11.1 Å². The van der Waals surface area contributed by atoms with Gasteiger partial charge in [0, 0.05) is 25.0 Å². The standard InChI is InChI=1S/C31H32N2O3/c1-2-25-11-8-20-32(25)29(34)19-18-26(33-30(35)27-12-6-7-13-28(27)31(33)36)21-22-14-16-24(17-15-22)23-9-4-3-5-10-23/h3-7,9-10,12-17,25-26H,2,8,11,18-21H2,1H3/t25-,26?/m0/s1. The van der Waals surface area contributed by atoms with Crippen LogP contribution in [0, 0.1) is 0 Å². The van der Waals surface area contributed by atoms with Crippen LogP contribution in [-0.2, 0) is 11.2 Å². The highest BCUT2D eigenvalue weighted by atomic mass is 16.2. The molecule has 1 saturated heterocycles. The molecule has 3 aromatic rings. The lowest BCUT2D eigenvalue weighted by Crippen LogP contribution is -2.42. The van der Waals surface area contributed by atoms with Gasteiger partial charge in [-0.15, -0.1) is 0 Å². The molecule has 2 aliphatic heterocycles. The lowest BCUT2D eigenvalue weighted by atomic mass is 9.97. The maximum absolute atomic E-state index is 13.3. The number of nitrogens with zero attached hydrogens (tertiary/aromatic N) is 2. The van der Waals surface area contributed by atoms with Crippen molar-refractivity contribution in [2.24, 2.45) is 0 Å². The van der Waals surface area contributed by atoms with Gasteiger partial charge >= 0.3 is 0 Å². The van der Waals surface area contributed by atoms with Gasteiger partial charge < -0.3 is 4.90 Å². The molecule has 2 aliphatic rings. The van der Waals surface area contributed by atoms with Crippen LogP contribution in [0.25, 0.3) is 11.1 Å². The molecule has 0 bridgehead atoms. The Bertz CT molecular complexity index is 1220. The lowest BCUT2D eigenvalue weighted by molar-refractivity contribution is -0.132. The Kier molecular flexibility index (Phi) is 6.99. The monoisotopic (exact) mass is 480 g/mol. The Morgan fingerprint density at radius 3 is 2.11 bits per heavy atom. The van der Waals surface area contributed by atoms with Crippen LogP contribution in [0.3, 0.4) is 0 Å². The number of hydrogen-bond donors (Lipinski definition) is 0. The van der Waals surface area contributed by atoms with E-state index < -0.39 is 0 Å². The van der Waals surface area contributed by atoms with Crippen LogP contribution >= 0.6 is 0 Å². The predicted molar refractivity (Wildman–Crippen MR) is 141 cm³/mol. The van der Waals surface area contributed by atoms with Crippen molar-refractivity contribution in [1.29, 1.82) is 0 Å². The molecule has 5 nitrogen and oxygen atoms in total. The Balaban J connectivity index is 1.37. The molecular weight excluding hydrogens is 448 g/mol. The Hall–Kier alpha value is -3.73. The van der Waals surface area contributed by atoms with Gasteiger partial charge in [-0.05, 0) is 60.9 Å². The summed E-state index contributed by atoms with van der Waals surface area (Å²) in [6, 6.07) is 25.4. The first-order valence-electron chi connectivity index (χ1n) is 13.0. The van der Waals surface area contributed by atoms with E-state index in [0.29, 0.717) is 36.4 Å². The van der Waals surface area contributed by atoms with Gasteiger partial charge in [-0.3, -0.25) is 19.3 Å². The molecule has 1 unspecified atom stereocenters. The molecule has 5 rings (SSSR count). The fraction of sp³-hybridized carbons (Fsp3) is 0.323. The number of carbonyl (C=O) groups is 3. The van der Waals surface area contributed by atoms with Crippen molar-refractivity contribution in [3.05, 3.63) is 95.6 Å². The predicted octanol–water partition coefficient (Wildman–Crippen LogP) is 5.74. The van der Waals surface area contributed by atoms with Crippen LogP contribution in [0.5, 0.6) is 0 Å². The molecule has 5 heteroatoms. The van der Waals surface area contributed by atoms with Gasteiger partial charge in [0.1, 0.15) is 0 Å². The summed E-state index contributed by atoms with van der Waals surface area (Å²) in [7, 11) is 0. The second kappa shape index (κ2) is 10.5. The maximum atomic E-state index is 13.3. The summed E-state index contributed by atoms with van der Waals surface area (Å²) in [5.74, 6) is -0.400. The Morgan fingerprint density at radius 1 is 0.861 bits per heavy atom. The molecule has 0 aromatic heterocycles. The van der Waals surface area contributed by atoms with Crippen LogP contribution in [-0.4, -0.2) is 46.1 Å². The molecule has 1 fully saturated rings. The summed E-state index contributed by atoms with van der Waals surface area (Å²) in [6.07, 6.45) is 4.36. The number of hydrogen-bond acceptors (Lipinski definition) is 3. The van der Waals surface area contributed by atoms with E-state index in [2.05, 4.69) is 43.3 Å². The molecule has 0 radical (unpaired) electrons. The molecular formula is C31H32N2O3. The van der Waals surface area contributed by atoms with Gasteiger partial charge in [0.2, 0.25) is 5.91 Å². The Morgan fingerprint density at radius 2 is 1.47 bits per heavy atom. The number of imide groups is 1. The molecule has 3 amide bonds. The molecule has 0 aliphatic carbocycles. The number of benzene rings is 3. The SMILES string of the molecule is CC[C@H]1CCCN1C(=O)CCC(Cc1ccc(-c2ccccc2)cc1)N1C(=O)c2ccccc2C1=O. The fourth-order valence-corrected chi connectivity index (χ4v) is 5.62. The minimum atomic E-state index is -0.383. The highest BCUT2D eigenvalue weighted by Crippen LogP contribution is 2.29. The number of amides is 3. The smallest absolute Gasteiger partial charge is 0.261 e. The summed E-state index contributed by atoms with van der Waals surface area (Å²) in [4.78, 5) is 43.1. The van der Waals surface area contributed by atoms with Gasteiger partial charge in [-0.2, -0.15) is 0 Å². The van der Waals surface area contributed by atoms with Crippen LogP contribution < -0.4 is 0 Å². The summed E-state index contributed by atoms with van der Waals surface area (Å²) in [5.41, 5.74) is 4.19. The highest BCUT2D eigenvalue weighted by Gasteiger charge is 2.40. The van der Waals surface area contributed by atoms with Crippen molar-refractivity contribution in [3.63, 3.8) is 0 Å². The van der Waals surface area contributed by atoms with E-state index in [1.165, 1.54) is 4.90 Å². The minimum absolute atomic E-state index is 0.125. The summed E-state index contributed by atoms with van der Waals surface area (Å²) in [6.45, 7) is 2.92. The van der Waals surface area contributed by atoms with Gasteiger partial charge in [-0.25, -0.2) is 0 Å². The minimum Gasteiger partial charge on any atom is -0.340 e. The largest absolute Gasteiger partial charge is 0.340 e. The molecule has 3 aromatic carbocycles. The first-order chi connectivity index (χ1) is 17.6. The van der Waals surface area contributed by atoms with E-state index >= 15 is 0 Å². The first-order valence-corrected chi connectivity index (χ1v) is 13.0. The second-order valence-corrected chi connectivity index (χ2v) is 9.78. The average Bonchev–Trinajstić information content (AvgIpc) is 3.50. The van der Waals surface area contributed by atoms with E-state index in [-0.39, 0.29) is 23.8 Å². The molecule has 0 saturated carbocycles. The van der Waals surface area contributed by atoms with Crippen LogP contribution in [0.4, 0.5) is 0 Å². The second-order valence-electron chi connectivity index (χ2n) is 9.78. The van der Waals surface area contributed by atoms with Gasteiger partial charge in [-0.1, -0.05) is 73.7 Å². The highest BCUT2D eigenvalue weighted by molar-refractivity contribution is 6.21. The van der Waals surface area contributed by atoms with Crippen molar-refractivity contribution < 1.29 is 14.4 Å². The molecule has 0 N–H and O–H groups in total. The van der Waals surface area contributed by atoms with E-state index in [1.54, 1.807) is 24.3 Å². The van der Waals surface area contributed by atoms with Crippen LogP contribution in [0.2, 0.25) is 0 Å². The molecule has 2 atom stereocenters. The van der Waals surface area contributed by atoms with Crippen molar-refractivity contribution in [1.82, 2.24) is 9.80 Å². The zero-order valence-electron chi connectivity index (χ0n) is 20.7. The van der Waals surface area contributed by atoms with E-state index in [9.17, 15) is 14.4 Å². The van der Waals surface area contributed by atoms with E-state index in [1.807, 2.05) is 23.1 Å². The zero-order valence-corrected chi connectivity index (χ0v) is 20.7. The third kappa shape index (κ3) is 4.70. The number of likely N-dealkylation sites (tertiary alicyclic amines) is 1. The Labute approximate surface area is 212 Å². The van der Waals surface area contributed by atoms with Crippen molar-refractivity contribution >= 4 is 17.7 Å². The van der Waals surface area contributed by atoms with Crippen LogP contribution in [0.15, 0.2) is 78.9 Å². The van der Waals surface area contributed by atoms with Crippen molar-refractivity contribution in [2.45, 2.75) is 57.5 Å². The summed E-state index contributed by atoms with van der Waals surface area (Å²) < 4.78 is 0. The fourth-order valence-electron chi connectivity index (χ4n) is 5.62. The van der Waals surface area contributed by atoms with Gasteiger partial charge in [0.25, 0.3) is 11.8 Å². The molecule has 2 heterocycles. The molecule has 36 heavy (non-hydrogen) atoms. The quantitative estimate of drug-likeness (QED) is 0.386. The number of carbonyl (C=O) groups excluding carboxylic acids is 3. The third-order valence-electron chi connectivity index (χ3n) is 7.58. The molecule has 184 valence electrons. The lowest BCUT2D eigenvalue weighted by Gasteiger charge is -2.28. The molecule has 0 spiro atoms. The zero-order chi connectivity index (χ0) is 25.1. The number of rotatable bonds is 8.